The monoisotopic (exact) mass is 594 g/mol. The first-order valence-corrected chi connectivity index (χ1v) is 14.8. The molecule has 4 aromatic rings. The largest absolute Gasteiger partial charge is 0.480 e. The Morgan fingerprint density at radius 2 is 1.70 bits per heavy atom. The number of ketones is 1. The number of fused-ring (bicyclic) bond motifs is 1. The number of benzene rings is 2. The molecule has 0 unspecified atom stereocenters. The molecule has 228 valence electrons. The van der Waals surface area contributed by atoms with Crippen molar-refractivity contribution in [2.75, 3.05) is 6.61 Å². The molecule has 0 fully saturated rings. The summed E-state index contributed by atoms with van der Waals surface area (Å²) >= 11 is 0. The highest BCUT2D eigenvalue weighted by Gasteiger charge is 2.26. The van der Waals surface area contributed by atoms with E-state index in [2.05, 4.69) is 15.1 Å². The second kappa shape index (κ2) is 15.6. The number of unbranched alkanes of at least 4 members (excludes halogenated alkanes) is 1. The molecular weight excluding hydrogens is 556 g/mol. The van der Waals surface area contributed by atoms with Crippen molar-refractivity contribution in [2.24, 2.45) is 13.0 Å². The zero-order valence-electron chi connectivity index (χ0n) is 25.2. The summed E-state index contributed by atoms with van der Waals surface area (Å²) in [7, 11) is 1.88. The lowest BCUT2D eigenvalue weighted by molar-refractivity contribution is -0.141. The van der Waals surface area contributed by atoms with Gasteiger partial charge >= 0.3 is 5.97 Å². The number of aromatic nitrogens is 2. The first-order valence-electron chi connectivity index (χ1n) is 14.8. The van der Waals surface area contributed by atoms with E-state index in [0.717, 1.165) is 29.7 Å². The van der Waals surface area contributed by atoms with Crippen molar-refractivity contribution in [3.63, 3.8) is 0 Å². The first-order chi connectivity index (χ1) is 21.3. The maximum absolute atomic E-state index is 13.8. The number of aliphatic carboxylic acids is 1. The Morgan fingerprint density at radius 3 is 2.36 bits per heavy atom. The Hall–Kier alpha value is -4.81. The number of hydrogen-bond donors (Lipinski definition) is 2. The molecule has 4 rings (SSSR count). The number of rotatable bonds is 16. The number of carbonyl (C=O) groups is 3. The van der Waals surface area contributed by atoms with Crippen LogP contribution in [0.3, 0.4) is 0 Å². The molecule has 2 aromatic heterocycles. The second-order valence-electron chi connectivity index (χ2n) is 11.1. The van der Waals surface area contributed by atoms with Gasteiger partial charge in [-0.25, -0.2) is 14.6 Å². The molecule has 0 spiro atoms. The summed E-state index contributed by atoms with van der Waals surface area (Å²) < 4.78 is 7.74. The van der Waals surface area contributed by atoms with Gasteiger partial charge in [-0.15, -0.1) is 0 Å². The van der Waals surface area contributed by atoms with Gasteiger partial charge in [-0.2, -0.15) is 0 Å². The summed E-state index contributed by atoms with van der Waals surface area (Å²) in [6, 6.07) is 19.7. The molecule has 0 aliphatic carbocycles. The van der Waals surface area contributed by atoms with Gasteiger partial charge in [0.15, 0.2) is 5.78 Å². The maximum atomic E-state index is 13.8. The number of carbonyl (C=O) groups excluding carboxylic acids is 2. The Kier molecular flexibility index (Phi) is 11.4. The Labute approximate surface area is 257 Å². The minimum Gasteiger partial charge on any atom is -0.480 e. The van der Waals surface area contributed by atoms with Crippen molar-refractivity contribution in [2.45, 2.75) is 58.1 Å². The predicted octanol–water partition coefficient (Wildman–Crippen LogP) is 6.07. The van der Waals surface area contributed by atoms with Crippen molar-refractivity contribution in [1.29, 1.82) is 0 Å². The molecule has 0 aliphatic rings. The molecule has 2 atom stereocenters. The number of nitrogens with one attached hydrogen (secondary N) is 1. The molecule has 9 heteroatoms. The molecule has 2 N–H and O–H groups in total. The number of ether oxygens (including phenoxy) is 1. The molecule has 44 heavy (non-hydrogen) atoms. The fraction of sp³-hybridized carbons (Fsp3) is 0.343. The Bertz CT molecular complexity index is 1630. The number of pyridine rings is 1. The number of aryl methyl sites for hydroxylation is 1. The minimum atomic E-state index is -1.11. The van der Waals surface area contributed by atoms with Gasteiger partial charge in [0.05, 0.1) is 13.2 Å². The number of nitrogens with zero attached hydrogens (tertiary/aromatic N) is 3. The van der Waals surface area contributed by atoms with Crippen LogP contribution in [0, 0.1) is 12.5 Å². The van der Waals surface area contributed by atoms with Gasteiger partial charge in [0, 0.05) is 55.8 Å². The predicted molar refractivity (Wildman–Crippen MR) is 168 cm³/mol. The van der Waals surface area contributed by atoms with E-state index in [0.29, 0.717) is 41.9 Å². The quantitative estimate of drug-likeness (QED) is 0.0924. The molecule has 9 nitrogen and oxygen atoms in total. The molecule has 1 amide bonds. The fourth-order valence-corrected chi connectivity index (χ4v) is 5.38. The number of carboxylic acid groups (broad SMARTS) is 1. The maximum Gasteiger partial charge on any atom is 0.326 e. The first kappa shape index (κ1) is 32.1. The van der Waals surface area contributed by atoms with E-state index < -0.39 is 17.9 Å². The van der Waals surface area contributed by atoms with Crippen molar-refractivity contribution < 1.29 is 24.2 Å². The summed E-state index contributed by atoms with van der Waals surface area (Å²) in [6.07, 6.45) is 4.02. The number of carboxylic acids is 1. The van der Waals surface area contributed by atoms with Crippen LogP contribution in [0.4, 0.5) is 5.69 Å². The van der Waals surface area contributed by atoms with Gasteiger partial charge in [0.2, 0.25) is 11.6 Å². The van der Waals surface area contributed by atoms with Crippen LogP contribution in [0.25, 0.3) is 15.9 Å². The van der Waals surface area contributed by atoms with E-state index in [1.165, 1.54) is 6.20 Å². The van der Waals surface area contributed by atoms with Crippen LogP contribution in [0.1, 0.15) is 59.8 Å². The number of hydrogen-bond acceptors (Lipinski definition) is 5. The molecular formula is C35H38N4O5. The van der Waals surface area contributed by atoms with Gasteiger partial charge in [0.1, 0.15) is 11.7 Å². The van der Waals surface area contributed by atoms with Crippen molar-refractivity contribution in [1.82, 2.24) is 14.9 Å². The highest BCUT2D eigenvalue weighted by Crippen LogP contribution is 2.30. The Balaban J connectivity index is 1.40. The van der Waals surface area contributed by atoms with E-state index in [-0.39, 0.29) is 31.0 Å². The zero-order chi connectivity index (χ0) is 31.5. The highest BCUT2D eigenvalue weighted by molar-refractivity contribution is 6.09. The summed E-state index contributed by atoms with van der Waals surface area (Å²) in [5.41, 5.74) is 4.28. The minimum absolute atomic E-state index is 0.00865. The fourth-order valence-electron chi connectivity index (χ4n) is 5.38. The molecule has 0 aliphatic heterocycles. The van der Waals surface area contributed by atoms with E-state index in [1.54, 1.807) is 6.07 Å². The summed E-state index contributed by atoms with van der Waals surface area (Å²) in [6.45, 7) is 10.4. The zero-order valence-corrected chi connectivity index (χ0v) is 25.2. The van der Waals surface area contributed by atoms with E-state index in [9.17, 15) is 19.5 Å². The van der Waals surface area contributed by atoms with Crippen molar-refractivity contribution >= 4 is 34.4 Å². The topological polar surface area (TPSA) is 115 Å². The smallest absolute Gasteiger partial charge is 0.326 e. The van der Waals surface area contributed by atoms with Crippen LogP contribution in [0.2, 0.25) is 0 Å². The van der Waals surface area contributed by atoms with E-state index in [4.69, 9.17) is 11.3 Å². The van der Waals surface area contributed by atoms with Gasteiger partial charge in [-0.3, -0.25) is 9.59 Å². The third-order valence-corrected chi connectivity index (χ3v) is 7.59. The van der Waals surface area contributed by atoms with Crippen LogP contribution in [0.5, 0.6) is 0 Å². The average Bonchev–Trinajstić information content (AvgIpc) is 3.29. The third kappa shape index (κ3) is 8.62. The van der Waals surface area contributed by atoms with Crippen LogP contribution >= 0.6 is 0 Å². The van der Waals surface area contributed by atoms with E-state index in [1.807, 2.05) is 79.2 Å². The van der Waals surface area contributed by atoms with Gasteiger partial charge < -0.3 is 19.7 Å². The molecule has 2 aromatic carbocycles. The van der Waals surface area contributed by atoms with Crippen LogP contribution in [0.15, 0.2) is 72.9 Å². The normalized spacial score (nSPS) is 12.4. The molecule has 0 saturated carbocycles. The summed E-state index contributed by atoms with van der Waals surface area (Å²) in [5.74, 6) is -1.99. The summed E-state index contributed by atoms with van der Waals surface area (Å²) in [5, 5.41) is 12.9. The van der Waals surface area contributed by atoms with Crippen LogP contribution in [-0.4, -0.2) is 45.0 Å². The lowest BCUT2D eigenvalue weighted by Gasteiger charge is -2.17. The standard InChI is InChI=1S/C35H38N4O5/c1-24(19-32(41)38-29(35(42)43)20-25-12-6-4-7-13-25)18-31(40)33-28-21-27(36-2)22-37-34(28)39(3)30(33)16-10-11-17-44-23-26-14-8-5-9-15-26/h4-9,12-15,21-22,24,29H,10-11,16-20,23H2,1,3H3,(H,38,41)(H,42,43)/t24-,29-/m0/s1. The van der Waals surface area contributed by atoms with Gasteiger partial charge in [-0.1, -0.05) is 67.6 Å². The average molecular weight is 595 g/mol. The van der Waals surface area contributed by atoms with Crippen molar-refractivity contribution in [3.8, 4) is 0 Å². The van der Waals surface area contributed by atoms with Crippen LogP contribution < -0.4 is 5.32 Å². The van der Waals surface area contributed by atoms with E-state index >= 15 is 0 Å². The molecule has 0 saturated heterocycles. The lowest BCUT2D eigenvalue weighted by Crippen LogP contribution is -2.42. The number of Topliss-reactive ketones (excluding diaryl/α,β-unsaturated/α-hetero) is 1. The Morgan fingerprint density at radius 1 is 1.02 bits per heavy atom. The second-order valence-corrected chi connectivity index (χ2v) is 11.1. The molecule has 0 bridgehead atoms. The van der Waals surface area contributed by atoms with Crippen LogP contribution in [-0.2, 0) is 40.8 Å². The number of amides is 1. The molecule has 0 radical (unpaired) electrons. The highest BCUT2D eigenvalue weighted by atomic mass is 16.5. The van der Waals surface area contributed by atoms with Crippen molar-refractivity contribution in [3.05, 3.63) is 107 Å². The molecule has 2 heterocycles. The SMILES string of the molecule is [C-]#[N+]c1cnc2c(c1)c(C(=O)C[C@H](C)CC(=O)N[C@@H](Cc1ccccc1)C(=O)O)c(CCCCOCc1ccccc1)n2C. The lowest BCUT2D eigenvalue weighted by atomic mass is 9.94. The van der Waals surface area contributed by atoms with Gasteiger partial charge in [-0.05, 0) is 42.4 Å². The third-order valence-electron chi connectivity index (χ3n) is 7.59. The van der Waals surface area contributed by atoms with Gasteiger partial charge in [0.25, 0.3) is 0 Å². The summed E-state index contributed by atoms with van der Waals surface area (Å²) in [4.78, 5) is 46.4.